The molecule has 0 amide bonds. The summed E-state index contributed by atoms with van der Waals surface area (Å²) in [6.45, 7) is 9.39. The molecule has 0 radical (unpaired) electrons. The average Bonchev–Trinajstić information content (AvgIpc) is 2.28. The van der Waals surface area contributed by atoms with Gasteiger partial charge in [-0.25, -0.2) is 0 Å². The SMILES string of the molecule is CC(C#N)NCCc1ccc(C(C)(C)C)cc1. The second-order valence-electron chi connectivity index (χ2n) is 5.50. The first kappa shape index (κ1) is 13.7. The van der Waals surface area contributed by atoms with E-state index in [1.54, 1.807) is 0 Å². The topological polar surface area (TPSA) is 35.8 Å². The van der Waals surface area contributed by atoms with E-state index in [-0.39, 0.29) is 11.5 Å². The molecular weight excluding hydrogens is 208 g/mol. The molecule has 0 saturated carbocycles. The molecule has 0 heterocycles. The predicted octanol–water partition coefficient (Wildman–Crippen LogP) is 3.03. The minimum Gasteiger partial charge on any atom is -0.302 e. The van der Waals surface area contributed by atoms with Gasteiger partial charge < -0.3 is 5.32 Å². The molecule has 2 heteroatoms. The van der Waals surface area contributed by atoms with Crippen LogP contribution in [0.2, 0.25) is 0 Å². The van der Waals surface area contributed by atoms with Crippen molar-refractivity contribution in [2.45, 2.75) is 45.6 Å². The van der Waals surface area contributed by atoms with Crippen LogP contribution < -0.4 is 5.32 Å². The number of rotatable bonds is 4. The normalized spacial score (nSPS) is 13.1. The van der Waals surface area contributed by atoms with E-state index in [0.29, 0.717) is 0 Å². The van der Waals surface area contributed by atoms with Crippen molar-refractivity contribution in [3.8, 4) is 6.07 Å². The van der Waals surface area contributed by atoms with Gasteiger partial charge in [0.2, 0.25) is 0 Å². The van der Waals surface area contributed by atoms with Crippen LogP contribution in [0, 0.1) is 11.3 Å². The second-order valence-corrected chi connectivity index (χ2v) is 5.50. The van der Waals surface area contributed by atoms with E-state index in [4.69, 9.17) is 5.26 Å². The number of benzene rings is 1. The zero-order valence-corrected chi connectivity index (χ0v) is 11.2. The zero-order chi connectivity index (χ0) is 12.9. The maximum atomic E-state index is 8.65. The largest absolute Gasteiger partial charge is 0.302 e. The lowest BCUT2D eigenvalue weighted by Crippen LogP contribution is -2.26. The lowest BCUT2D eigenvalue weighted by atomic mass is 9.86. The van der Waals surface area contributed by atoms with Crippen LogP contribution in [0.15, 0.2) is 24.3 Å². The summed E-state index contributed by atoms with van der Waals surface area (Å²) >= 11 is 0. The third-order valence-corrected chi connectivity index (χ3v) is 2.88. The molecule has 1 atom stereocenters. The molecular formula is C15H22N2. The first-order valence-electron chi connectivity index (χ1n) is 6.16. The molecule has 0 saturated heterocycles. The Balaban J connectivity index is 2.50. The Kier molecular flexibility index (Phi) is 4.72. The Labute approximate surface area is 105 Å². The average molecular weight is 230 g/mol. The van der Waals surface area contributed by atoms with Crippen molar-refractivity contribution < 1.29 is 0 Å². The van der Waals surface area contributed by atoms with Gasteiger partial charge in [-0.05, 0) is 29.9 Å². The summed E-state index contributed by atoms with van der Waals surface area (Å²) < 4.78 is 0. The fraction of sp³-hybridized carbons (Fsp3) is 0.533. The number of nitriles is 1. The van der Waals surface area contributed by atoms with Crippen LogP contribution in [-0.4, -0.2) is 12.6 Å². The highest BCUT2D eigenvalue weighted by Crippen LogP contribution is 2.22. The summed E-state index contributed by atoms with van der Waals surface area (Å²) in [7, 11) is 0. The third kappa shape index (κ3) is 4.58. The van der Waals surface area contributed by atoms with Crippen molar-refractivity contribution >= 4 is 0 Å². The molecule has 1 rings (SSSR count). The Bertz CT molecular complexity index is 379. The van der Waals surface area contributed by atoms with Gasteiger partial charge >= 0.3 is 0 Å². The van der Waals surface area contributed by atoms with E-state index in [9.17, 15) is 0 Å². The van der Waals surface area contributed by atoms with Gasteiger partial charge in [0.15, 0.2) is 0 Å². The maximum Gasteiger partial charge on any atom is 0.0924 e. The Morgan fingerprint density at radius 2 is 1.82 bits per heavy atom. The van der Waals surface area contributed by atoms with E-state index >= 15 is 0 Å². The summed E-state index contributed by atoms with van der Waals surface area (Å²) in [5.74, 6) is 0. The first-order chi connectivity index (χ1) is 7.93. The highest BCUT2D eigenvalue weighted by molar-refractivity contribution is 5.27. The van der Waals surface area contributed by atoms with Crippen molar-refractivity contribution in [1.29, 1.82) is 5.26 Å². The summed E-state index contributed by atoms with van der Waals surface area (Å²) in [6, 6.07) is 10.9. The van der Waals surface area contributed by atoms with Crippen molar-refractivity contribution in [1.82, 2.24) is 5.32 Å². The zero-order valence-electron chi connectivity index (χ0n) is 11.2. The lowest BCUT2D eigenvalue weighted by molar-refractivity contribution is 0.589. The Hall–Kier alpha value is -1.33. The number of hydrogen-bond acceptors (Lipinski definition) is 2. The van der Waals surface area contributed by atoms with Gasteiger partial charge in [-0.1, -0.05) is 45.0 Å². The molecule has 0 aromatic heterocycles. The fourth-order valence-corrected chi connectivity index (χ4v) is 1.65. The van der Waals surface area contributed by atoms with E-state index in [1.807, 2.05) is 6.92 Å². The Morgan fingerprint density at radius 1 is 1.24 bits per heavy atom. The van der Waals surface area contributed by atoms with Gasteiger partial charge in [0, 0.05) is 6.54 Å². The summed E-state index contributed by atoms with van der Waals surface area (Å²) in [6.07, 6.45) is 0.969. The molecule has 0 aliphatic heterocycles. The molecule has 1 N–H and O–H groups in total. The van der Waals surface area contributed by atoms with E-state index in [1.165, 1.54) is 11.1 Å². The molecule has 1 unspecified atom stereocenters. The minimum atomic E-state index is -0.0659. The third-order valence-electron chi connectivity index (χ3n) is 2.88. The molecule has 0 aliphatic carbocycles. The highest BCUT2D eigenvalue weighted by Gasteiger charge is 2.12. The number of hydrogen-bond donors (Lipinski definition) is 1. The molecule has 1 aromatic carbocycles. The molecule has 0 bridgehead atoms. The van der Waals surface area contributed by atoms with Gasteiger partial charge in [0.25, 0.3) is 0 Å². The van der Waals surface area contributed by atoms with Crippen LogP contribution in [0.1, 0.15) is 38.8 Å². The molecule has 0 aliphatic rings. The van der Waals surface area contributed by atoms with Gasteiger partial charge in [0.05, 0.1) is 12.1 Å². The summed E-state index contributed by atoms with van der Waals surface area (Å²) in [5.41, 5.74) is 2.89. The van der Waals surface area contributed by atoms with E-state index < -0.39 is 0 Å². The van der Waals surface area contributed by atoms with Gasteiger partial charge in [-0.15, -0.1) is 0 Å². The van der Waals surface area contributed by atoms with Crippen molar-refractivity contribution in [3.05, 3.63) is 35.4 Å². The van der Waals surface area contributed by atoms with Gasteiger partial charge in [0.1, 0.15) is 0 Å². The Morgan fingerprint density at radius 3 is 2.29 bits per heavy atom. The molecule has 0 spiro atoms. The van der Waals surface area contributed by atoms with Crippen molar-refractivity contribution in [3.63, 3.8) is 0 Å². The van der Waals surface area contributed by atoms with Crippen LogP contribution in [0.5, 0.6) is 0 Å². The van der Waals surface area contributed by atoms with Crippen LogP contribution in [0.3, 0.4) is 0 Å². The monoisotopic (exact) mass is 230 g/mol. The van der Waals surface area contributed by atoms with Crippen LogP contribution in [0.25, 0.3) is 0 Å². The first-order valence-corrected chi connectivity index (χ1v) is 6.16. The molecule has 0 fully saturated rings. The smallest absolute Gasteiger partial charge is 0.0924 e. The van der Waals surface area contributed by atoms with Crippen LogP contribution >= 0.6 is 0 Å². The molecule has 2 nitrogen and oxygen atoms in total. The predicted molar refractivity (Wildman–Crippen MR) is 71.9 cm³/mol. The lowest BCUT2D eigenvalue weighted by Gasteiger charge is -2.19. The number of nitrogens with zero attached hydrogens (tertiary/aromatic N) is 1. The van der Waals surface area contributed by atoms with E-state index in [0.717, 1.165) is 13.0 Å². The standard InChI is InChI=1S/C15H22N2/c1-12(11-16)17-10-9-13-5-7-14(8-6-13)15(2,3)4/h5-8,12,17H,9-10H2,1-4H3. The minimum absolute atomic E-state index is 0.0659. The maximum absolute atomic E-state index is 8.65. The van der Waals surface area contributed by atoms with Crippen LogP contribution in [0.4, 0.5) is 0 Å². The van der Waals surface area contributed by atoms with Crippen LogP contribution in [-0.2, 0) is 11.8 Å². The fourth-order valence-electron chi connectivity index (χ4n) is 1.65. The van der Waals surface area contributed by atoms with Crippen molar-refractivity contribution in [2.24, 2.45) is 0 Å². The summed E-state index contributed by atoms with van der Waals surface area (Å²) in [5, 5.41) is 11.8. The van der Waals surface area contributed by atoms with Crippen molar-refractivity contribution in [2.75, 3.05) is 6.54 Å². The van der Waals surface area contributed by atoms with Gasteiger partial charge in [-0.3, -0.25) is 0 Å². The second kappa shape index (κ2) is 5.84. The molecule has 92 valence electrons. The molecule has 17 heavy (non-hydrogen) atoms. The van der Waals surface area contributed by atoms with Gasteiger partial charge in [-0.2, -0.15) is 5.26 Å². The molecule has 1 aromatic rings. The number of nitrogens with one attached hydrogen (secondary N) is 1. The highest BCUT2D eigenvalue weighted by atomic mass is 14.9. The van der Waals surface area contributed by atoms with E-state index in [2.05, 4.69) is 56.4 Å². The summed E-state index contributed by atoms with van der Waals surface area (Å²) in [4.78, 5) is 0. The quantitative estimate of drug-likeness (QED) is 0.863.